The van der Waals surface area contributed by atoms with E-state index < -0.39 is 11.5 Å². The van der Waals surface area contributed by atoms with Crippen molar-refractivity contribution in [2.75, 3.05) is 0 Å². The van der Waals surface area contributed by atoms with Crippen molar-refractivity contribution < 1.29 is 26.7 Å². The third-order valence-electron chi connectivity index (χ3n) is 6.75. The van der Waals surface area contributed by atoms with E-state index in [9.17, 15) is 10.2 Å². The number of aliphatic imine (C=N–C) groups is 2. The molecule has 0 fully saturated rings. The van der Waals surface area contributed by atoms with Crippen molar-refractivity contribution in [2.24, 2.45) is 9.98 Å². The summed E-state index contributed by atoms with van der Waals surface area (Å²) in [6.45, 7) is 13.0. The van der Waals surface area contributed by atoms with Gasteiger partial charge in [0.2, 0.25) is 0 Å². The molecule has 3 rings (SSSR count). The third-order valence-corrected chi connectivity index (χ3v) is 6.75. The average molecular weight is 614 g/mol. The monoisotopic (exact) mass is 612 g/mol. The van der Waals surface area contributed by atoms with Crippen LogP contribution in [0.15, 0.2) is 64.6 Å². The van der Waals surface area contributed by atoms with E-state index in [4.69, 9.17) is 9.98 Å². The largest absolute Gasteiger partial charge is 2.00 e. The fraction of sp³-hybridized carbons (Fsp3) is 0.459. The van der Waals surface area contributed by atoms with Crippen molar-refractivity contribution in [3.05, 3.63) is 82.4 Å². The molecule has 0 atom stereocenters. The molecule has 3 aromatic carbocycles. The van der Waals surface area contributed by atoms with Crippen LogP contribution < -0.4 is 10.2 Å². The SMILES string of the molecule is CCCCC(C=Nc1cc(CCC)cc(CCC)c1)=Nc1cc(CCC)cc(CCC)c1.Cc1ccc([O-])c([O-])c1.[Ni+2]. The molecule has 0 spiro atoms. The first-order valence-electron chi connectivity index (χ1n) is 15.6. The second-order valence-electron chi connectivity index (χ2n) is 10.9. The molecule has 0 amide bonds. The Bertz CT molecular complexity index is 1220. The van der Waals surface area contributed by atoms with Gasteiger partial charge in [-0.3, -0.25) is 9.98 Å². The van der Waals surface area contributed by atoms with Gasteiger partial charge < -0.3 is 10.2 Å². The maximum Gasteiger partial charge on any atom is 2.00 e. The minimum atomic E-state index is -0.430. The van der Waals surface area contributed by atoms with Crippen LogP contribution in [0.5, 0.6) is 11.5 Å². The van der Waals surface area contributed by atoms with E-state index in [1.54, 1.807) is 13.0 Å². The molecule has 0 aliphatic heterocycles. The summed E-state index contributed by atoms with van der Waals surface area (Å²) in [4.78, 5) is 9.99. The molecule has 3 aromatic rings. The van der Waals surface area contributed by atoms with Crippen molar-refractivity contribution in [2.45, 2.75) is 112 Å². The number of benzene rings is 3. The van der Waals surface area contributed by atoms with E-state index in [1.165, 1.54) is 34.4 Å². The molecule has 0 bridgehead atoms. The number of unbranched alkanes of at least 4 members (excludes halogenated alkanes) is 1. The van der Waals surface area contributed by atoms with Crippen LogP contribution >= 0.6 is 0 Å². The van der Waals surface area contributed by atoms with Crippen LogP contribution in [0.2, 0.25) is 0 Å². The number of rotatable bonds is 14. The molecule has 0 saturated carbocycles. The fourth-order valence-corrected chi connectivity index (χ4v) is 4.79. The molecule has 4 nitrogen and oxygen atoms in total. The Balaban J connectivity index is 0.000000750. The fourth-order valence-electron chi connectivity index (χ4n) is 4.79. The van der Waals surface area contributed by atoms with E-state index in [0.29, 0.717) is 0 Å². The van der Waals surface area contributed by atoms with Gasteiger partial charge in [0, 0.05) is 6.21 Å². The predicted octanol–water partition coefficient (Wildman–Crippen LogP) is 9.30. The molecule has 0 radical (unpaired) electrons. The first-order valence-corrected chi connectivity index (χ1v) is 15.6. The maximum atomic E-state index is 10.5. The topological polar surface area (TPSA) is 70.8 Å². The molecule has 0 unspecified atom stereocenters. The van der Waals surface area contributed by atoms with Crippen molar-refractivity contribution in [3.8, 4) is 11.5 Å². The molecule has 0 aliphatic carbocycles. The van der Waals surface area contributed by atoms with Crippen molar-refractivity contribution in [1.29, 1.82) is 0 Å². The van der Waals surface area contributed by atoms with Crippen LogP contribution in [-0.4, -0.2) is 11.9 Å². The molecular formula is C37H50N2NiO2. The van der Waals surface area contributed by atoms with Gasteiger partial charge in [-0.2, -0.15) is 0 Å². The Labute approximate surface area is 265 Å². The molecule has 0 saturated heterocycles. The number of aryl methyl sites for hydroxylation is 5. The van der Waals surface area contributed by atoms with Crippen molar-refractivity contribution >= 4 is 23.3 Å². The molecule has 42 heavy (non-hydrogen) atoms. The molecule has 0 N–H and O–H groups in total. The van der Waals surface area contributed by atoms with Crippen molar-refractivity contribution in [3.63, 3.8) is 0 Å². The average Bonchev–Trinajstić information content (AvgIpc) is 2.93. The second-order valence-corrected chi connectivity index (χ2v) is 10.9. The zero-order valence-corrected chi connectivity index (χ0v) is 27.6. The normalized spacial score (nSPS) is 11.2. The summed E-state index contributed by atoms with van der Waals surface area (Å²) in [6, 6.07) is 18.0. The van der Waals surface area contributed by atoms with Gasteiger partial charge in [0.15, 0.2) is 0 Å². The van der Waals surface area contributed by atoms with Gasteiger partial charge >= 0.3 is 16.5 Å². The van der Waals surface area contributed by atoms with Crippen LogP contribution in [0.1, 0.15) is 107 Å². The summed E-state index contributed by atoms with van der Waals surface area (Å²) < 4.78 is 0. The minimum absolute atomic E-state index is 0. The van der Waals surface area contributed by atoms with Gasteiger partial charge in [-0.15, -0.1) is 11.5 Å². The van der Waals surface area contributed by atoms with Gasteiger partial charge in [-0.25, -0.2) is 0 Å². The van der Waals surface area contributed by atoms with Gasteiger partial charge in [-0.05, 0) is 92.0 Å². The Morgan fingerprint density at radius 3 is 1.50 bits per heavy atom. The third kappa shape index (κ3) is 13.8. The standard InChI is InChI=1S/C30H44N2.C7H8O2.Ni/c1-6-11-16-28(32-30-21-26(14-9-4)18-27(22-30)15-10-5)23-31-29-19-24(12-7-2)17-25(20-29)13-8-3;1-5-2-3-6(8)7(9)4-5;/h17-23H,6-16H2,1-5H3;2-4,8-9H,1H3;/q;;+2/p-2. The Kier molecular flexibility index (Phi) is 18.5. The van der Waals surface area contributed by atoms with E-state index in [-0.39, 0.29) is 16.5 Å². The summed E-state index contributed by atoms with van der Waals surface area (Å²) >= 11 is 0. The smallest absolute Gasteiger partial charge is 0.873 e. The van der Waals surface area contributed by atoms with Crippen LogP contribution in [0.3, 0.4) is 0 Å². The zero-order valence-electron chi connectivity index (χ0n) is 26.6. The predicted molar refractivity (Wildman–Crippen MR) is 174 cm³/mol. The van der Waals surface area contributed by atoms with Gasteiger partial charge in [0.1, 0.15) is 0 Å². The maximum absolute atomic E-state index is 10.5. The summed E-state index contributed by atoms with van der Waals surface area (Å²) in [6.07, 6.45) is 14.4. The number of hydrogen-bond acceptors (Lipinski definition) is 4. The molecule has 0 aliphatic rings. The number of hydrogen-bond donors (Lipinski definition) is 0. The van der Waals surface area contributed by atoms with Gasteiger partial charge in [-0.1, -0.05) is 103 Å². The van der Waals surface area contributed by atoms with Gasteiger partial charge in [0.25, 0.3) is 0 Å². The molecule has 230 valence electrons. The Morgan fingerprint density at radius 1 is 0.619 bits per heavy atom. The van der Waals surface area contributed by atoms with E-state index in [2.05, 4.69) is 71.0 Å². The molecule has 0 heterocycles. The van der Waals surface area contributed by atoms with E-state index >= 15 is 0 Å². The molecule has 5 heteroatoms. The zero-order chi connectivity index (χ0) is 30.0. The van der Waals surface area contributed by atoms with E-state index in [0.717, 1.165) is 93.3 Å². The van der Waals surface area contributed by atoms with Crippen LogP contribution in [0.25, 0.3) is 0 Å². The van der Waals surface area contributed by atoms with Crippen LogP contribution in [-0.2, 0) is 42.2 Å². The first kappa shape index (κ1) is 37.1. The van der Waals surface area contributed by atoms with Crippen LogP contribution in [0.4, 0.5) is 11.4 Å². The Morgan fingerprint density at radius 2 is 1.10 bits per heavy atom. The summed E-state index contributed by atoms with van der Waals surface area (Å²) in [5.41, 5.74) is 9.67. The van der Waals surface area contributed by atoms with E-state index in [1.807, 2.05) is 6.21 Å². The minimum Gasteiger partial charge on any atom is -0.873 e. The second kappa shape index (κ2) is 20.9. The van der Waals surface area contributed by atoms with Crippen molar-refractivity contribution in [1.82, 2.24) is 0 Å². The summed E-state index contributed by atoms with van der Waals surface area (Å²) in [5, 5.41) is 21.0. The van der Waals surface area contributed by atoms with Crippen LogP contribution in [0, 0.1) is 6.92 Å². The van der Waals surface area contributed by atoms with Gasteiger partial charge in [0.05, 0.1) is 17.1 Å². The number of nitrogens with zero attached hydrogens (tertiary/aromatic N) is 2. The molecule has 0 aromatic heterocycles. The summed E-state index contributed by atoms with van der Waals surface area (Å²) in [7, 11) is 0. The quantitative estimate of drug-likeness (QED) is 0.134. The Hall–Kier alpha value is -2.91. The molecular weight excluding hydrogens is 563 g/mol. The first-order chi connectivity index (χ1) is 19.8. The summed E-state index contributed by atoms with van der Waals surface area (Å²) in [5.74, 6) is -0.851.